The lowest BCUT2D eigenvalue weighted by atomic mass is 10.2. The van der Waals surface area contributed by atoms with E-state index >= 15 is 0 Å². The summed E-state index contributed by atoms with van der Waals surface area (Å²) in [4.78, 5) is 39.5. The first kappa shape index (κ1) is 28.6. The normalized spacial score (nSPS) is 15.3. The van der Waals surface area contributed by atoms with E-state index in [0.717, 1.165) is 5.69 Å². The average Bonchev–Trinajstić information content (AvgIpc) is 2.93. The Labute approximate surface area is 247 Å². The fourth-order valence-corrected chi connectivity index (χ4v) is 5.13. The molecule has 1 N–H and O–H groups in total. The summed E-state index contributed by atoms with van der Waals surface area (Å²) in [5, 5.41) is 3.81. The lowest BCUT2D eigenvalue weighted by molar-refractivity contribution is 0.0240. The van der Waals surface area contributed by atoms with Crippen molar-refractivity contribution in [3.8, 4) is 11.6 Å². The van der Waals surface area contributed by atoms with Gasteiger partial charge in [0.2, 0.25) is 11.8 Å². The van der Waals surface area contributed by atoms with Crippen LogP contribution in [0.15, 0.2) is 42.6 Å². The second-order valence-corrected chi connectivity index (χ2v) is 11.3. The van der Waals surface area contributed by atoms with Crippen LogP contribution in [0.3, 0.4) is 0 Å². The van der Waals surface area contributed by atoms with Crippen LogP contribution in [0.25, 0.3) is 0 Å². The van der Waals surface area contributed by atoms with E-state index in [1.165, 1.54) is 11.1 Å². The molecule has 0 unspecified atom stereocenters. The van der Waals surface area contributed by atoms with Gasteiger partial charge in [-0.25, -0.2) is 9.78 Å². The molecule has 11 nitrogen and oxygen atoms in total. The second-order valence-electron chi connectivity index (χ2n) is 10.5. The SMILES string of the molecule is COc1cc(Nc2ncc3c(n2)OCN(c2c(Cl)cccc2Cl)C3=O)ccc1N1CCN(C(=O)OC(C)(C)C)CC1. The van der Waals surface area contributed by atoms with Crippen LogP contribution in [0.1, 0.15) is 31.1 Å². The summed E-state index contributed by atoms with van der Waals surface area (Å²) in [5.74, 6) is 0.683. The Bertz CT molecular complexity index is 1450. The lowest BCUT2D eigenvalue weighted by Gasteiger charge is -2.37. The number of halogens is 2. The molecule has 3 aromatic rings. The van der Waals surface area contributed by atoms with Crippen LogP contribution < -0.4 is 24.6 Å². The Morgan fingerprint density at radius 1 is 1.07 bits per heavy atom. The van der Waals surface area contributed by atoms with Gasteiger partial charge in [0.25, 0.3) is 5.91 Å². The summed E-state index contributed by atoms with van der Waals surface area (Å²) in [7, 11) is 1.60. The number of nitrogens with one attached hydrogen (secondary N) is 1. The number of benzene rings is 2. The molecule has 13 heteroatoms. The van der Waals surface area contributed by atoms with Gasteiger partial charge in [0, 0.05) is 44.1 Å². The molecule has 0 bridgehead atoms. The first-order valence-corrected chi connectivity index (χ1v) is 13.7. The minimum atomic E-state index is -0.533. The molecule has 41 heavy (non-hydrogen) atoms. The van der Waals surface area contributed by atoms with Gasteiger partial charge in [0.1, 0.15) is 16.9 Å². The van der Waals surface area contributed by atoms with E-state index in [2.05, 4.69) is 20.2 Å². The third kappa shape index (κ3) is 6.20. The van der Waals surface area contributed by atoms with Gasteiger partial charge in [-0.1, -0.05) is 29.3 Å². The highest BCUT2D eigenvalue weighted by Crippen LogP contribution is 2.37. The van der Waals surface area contributed by atoms with Gasteiger partial charge < -0.3 is 29.3 Å². The van der Waals surface area contributed by atoms with Crippen molar-refractivity contribution in [3.63, 3.8) is 0 Å². The first-order valence-electron chi connectivity index (χ1n) is 13.0. The molecular weight excluding hydrogens is 571 g/mol. The smallest absolute Gasteiger partial charge is 0.410 e. The first-order chi connectivity index (χ1) is 19.5. The Kier molecular flexibility index (Phi) is 8.01. The molecule has 2 amide bonds. The number of amides is 2. The van der Waals surface area contributed by atoms with E-state index in [1.807, 2.05) is 39.0 Å². The molecular formula is C28H30Cl2N6O5. The monoisotopic (exact) mass is 600 g/mol. The Hall–Kier alpha value is -3.96. The van der Waals surface area contributed by atoms with Crippen LogP contribution in [-0.2, 0) is 4.74 Å². The van der Waals surface area contributed by atoms with E-state index in [0.29, 0.717) is 53.3 Å². The summed E-state index contributed by atoms with van der Waals surface area (Å²) >= 11 is 12.6. The molecule has 0 radical (unpaired) electrons. The number of piperazine rings is 1. The van der Waals surface area contributed by atoms with Crippen molar-refractivity contribution < 1.29 is 23.8 Å². The standard InChI is InChI=1S/C28H30Cl2N6O5/c1-28(2,3)41-27(38)35-12-10-34(11-13-35)21-9-8-17(14-22(21)39-4)32-26-31-15-18-24(33-26)40-16-36(25(18)37)23-19(29)6-5-7-20(23)30/h5-9,14-15H,10-13,16H2,1-4H3,(H,31,32,33). The maximum Gasteiger partial charge on any atom is 0.410 e. The number of para-hydroxylation sites is 1. The summed E-state index contributed by atoms with van der Waals surface area (Å²) in [5.41, 5.74) is 1.61. The molecule has 1 aromatic heterocycles. The zero-order valence-corrected chi connectivity index (χ0v) is 24.6. The van der Waals surface area contributed by atoms with Crippen molar-refractivity contribution >= 4 is 58.2 Å². The largest absolute Gasteiger partial charge is 0.495 e. The van der Waals surface area contributed by atoms with Gasteiger partial charge in [-0.15, -0.1) is 0 Å². The van der Waals surface area contributed by atoms with Gasteiger partial charge in [0.05, 0.1) is 28.5 Å². The highest BCUT2D eigenvalue weighted by molar-refractivity contribution is 6.40. The van der Waals surface area contributed by atoms with Crippen molar-refractivity contribution in [3.05, 3.63) is 58.2 Å². The number of hydrogen-bond donors (Lipinski definition) is 1. The van der Waals surface area contributed by atoms with Crippen LogP contribution in [0.4, 0.5) is 27.8 Å². The molecule has 216 valence electrons. The van der Waals surface area contributed by atoms with Crippen molar-refractivity contribution in [1.82, 2.24) is 14.9 Å². The van der Waals surface area contributed by atoms with Gasteiger partial charge in [-0.3, -0.25) is 9.69 Å². The minimum absolute atomic E-state index is 0.102. The van der Waals surface area contributed by atoms with Crippen molar-refractivity contribution in [2.24, 2.45) is 0 Å². The molecule has 0 atom stereocenters. The number of ether oxygens (including phenoxy) is 3. The fourth-order valence-electron chi connectivity index (χ4n) is 4.53. The number of hydrogen-bond acceptors (Lipinski definition) is 9. The highest BCUT2D eigenvalue weighted by atomic mass is 35.5. The van der Waals surface area contributed by atoms with Crippen LogP contribution in [-0.4, -0.2) is 72.5 Å². The Morgan fingerprint density at radius 2 is 1.78 bits per heavy atom. The van der Waals surface area contributed by atoms with Crippen molar-refractivity contribution in [2.45, 2.75) is 26.4 Å². The van der Waals surface area contributed by atoms with E-state index in [4.69, 9.17) is 37.4 Å². The number of nitrogens with zero attached hydrogens (tertiary/aromatic N) is 5. The molecule has 5 rings (SSSR count). The van der Waals surface area contributed by atoms with E-state index in [1.54, 1.807) is 30.2 Å². The summed E-state index contributed by atoms with van der Waals surface area (Å²) in [6.45, 7) is 7.83. The van der Waals surface area contributed by atoms with Gasteiger partial charge in [-0.05, 0) is 45.0 Å². The zero-order chi connectivity index (χ0) is 29.3. The minimum Gasteiger partial charge on any atom is -0.495 e. The second kappa shape index (κ2) is 11.5. The van der Waals surface area contributed by atoms with Crippen molar-refractivity contribution in [2.75, 3.05) is 55.1 Å². The maximum atomic E-state index is 13.2. The number of carbonyl (C=O) groups excluding carboxylic acids is 2. The van der Waals surface area contributed by atoms with E-state index in [9.17, 15) is 9.59 Å². The average molecular weight is 601 g/mol. The Balaban J connectivity index is 1.26. The summed E-state index contributed by atoms with van der Waals surface area (Å²) < 4.78 is 16.9. The molecule has 1 saturated heterocycles. The number of rotatable bonds is 5. The van der Waals surface area contributed by atoms with Gasteiger partial charge in [0.15, 0.2) is 6.73 Å². The Morgan fingerprint density at radius 3 is 2.44 bits per heavy atom. The van der Waals surface area contributed by atoms with Crippen LogP contribution in [0.5, 0.6) is 11.6 Å². The van der Waals surface area contributed by atoms with E-state index in [-0.39, 0.29) is 36.1 Å². The third-order valence-corrected chi connectivity index (χ3v) is 7.09. The molecule has 0 saturated carbocycles. The topological polar surface area (TPSA) is 109 Å². The molecule has 0 aliphatic carbocycles. The maximum absolute atomic E-state index is 13.2. The number of methoxy groups -OCH3 is 1. The van der Waals surface area contributed by atoms with Gasteiger partial charge >= 0.3 is 6.09 Å². The number of anilines is 4. The molecule has 0 spiro atoms. The predicted octanol–water partition coefficient (Wildman–Crippen LogP) is 5.59. The van der Waals surface area contributed by atoms with Crippen molar-refractivity contribution in [1.29, 1.82) is 0 Å². The predicted molar refractivity (Wildman–Crippen MR) is 157 cm³/mol. The van der Waals surface area contributed by atoms with Crippen LogP contribution >= 0.6 is 23.2 Å². The highest BCUT2D eigenvalue weighted by Gasteiger charge is 2.32. The molecule has 2 aromatic carbocycles. The van der Waals surface area contributed by atoms with E-state index < -0.39 is 5.60 Å². The third-order valence-electron chi connectivity index (χ3n) is 6.48. The summed E-state index contributed by atoms with van der Waals surface area (Å²) in [6.07, 6.45) is 1.10. The molecule has 3 heterocycles. The number of fused-ring (bicyclic) bond motifs is 1. The molecule has 1 fully saturated rings. The number of aromatic nitrogens is 2. The molecule has 2 aliphatic rings. The van der Waals surface area contributed by atoms with Crippen LogP contribution in [0, 0.1) is 0 Å². The lowest BCUT2D eigenvalue weighted by Crippen LogP contribution is -2.50. The zero-order valence-electron chi connectivity index (χ0n) is 23.1. The summed E-state index contributed by atoms with van der Waals surface area (Å²) in [6, 6.07) is 10.7. The molecule has 2 aliphatic heterocycles. The fraction of sp³-hybridized carbons (Fsp3) is 0.357. The van der Waals surface area contributed by atoms with Crippen LogP contribution in [0.2, 0.25) is 10.0 Å². The quantitative estimate of drug-likeness (QED) is 0.400. The number of carbonyl (C=O) groups is 2. The van der Waals surface area contributed by atoms with Gasteiger partial charge in [-0.2, -0.15) is 4.98 Å².